The van der Waals surface area contributed by atoms with Crippen LogP contribution in [0.5, 0.6) is 5.75 Å². The van der Waals surface area contributed by atoms with Gasteiger partial charge in [0.1, 0.15) is 11.6 Å². The number of aromatic carboxylic acids is 1. The molecule has 0 saturated heterocycles. The number of alkyl halides is 2. The van der Waals surface area contributed by atoms with Crippen LogP contribution in [-0.2, 0) is 6.54 Å². The lowest BCUT2D eigenvalue weighted by molar-refractivity contribution is -0.0498. The van der Waals surface area contributed by atoms with Gasteiger partial charge in [-0.15, -0.1) is 0 Å². The molecule has 1 heterocycles. The molecule has 0 saturated carbocycles. The first-order valence-electron chi connectivity index (χ1n) is 6.87. The van der Waals surface area contributed by atoms with Gasteiger partial charge < -0.3 is 9.84 Å². The number of hydrogen-bond acceptors (Lipinski definition) is 3. The van der Waals surface area contributed by atoms with E-state index in [4.69, 9.17) is 0 Å². The smallest absolute Gasteiger partial charge is 0.387 e. The normalized spacial score (nSPS) is 11.2. The summed E-state index contributed by atoms with van der Waals surface area (Å²) >= 11 is 0. The van der Waals surface area contributed by atoms with Gasteiger partial charge in [-0.25, -0.2) is 9.18 Å². The van der Waals surface area contributed by atoms with Gasteiger partial charge in [0.15, 0.2) is 5.69 Å². The first-order chi connectivity index (χ1) is 11.4. The summed E-state index contributed by atoms with van der Waals surface area (Å²) in [5, 5.41) is 13.4. The molecule has 2 aromatic carbocycles. The molecule has 124 valence electrons. The second-order valence-electron chi connectivity index (χ2n) is 5.00. The molecule has 1 aromatic heterocycles. The number of carbonyl (C=O) groups is 1. The minimum absolute atomic E-state index is 0.0207. The Balaban J connectivity index is 1.94. The lowest BCUT2D eigenvalue weighted by Gasteiger charge is -2.07. The van der Waals surface area contributed by atoms with Gasteiger partial charge in [-0.3, -0.25) is 4.68 Å². The summed E-state index contributed by atoms with van der Waals surface area (Å²) in [6, 6.07) is 9.66. The summed E-state index contributed by atoms with van der Waals surface area (Å²) in [5.74, 6) is -1.80. The number of aromatic nitrogens is 2. The minimum Gasteiger partial charge on any atom is -0.476 e. The highest BCUT2D eigenvalue weighted by molar-refractivity contribution is 6.01. The number of carboxylic acid groups (broad SMARTS) is 1. The molecule has 1 N–H and O–H groups in total. The average Bonchev–Trinajstić information content (AvgIpc) is 2.87. The van der Waals surface area contributed by atoms with Crippen LogP contribution in [0.2, 0.25) is 0 Å². The van der Waals surface area contributed by atoms with Crippen LogP contribution >= 0.6 is 0 Å². The zero-order valence-corrected chi connectivity index (χ0v) is 12.1. The Morgan fingerprint density at radius 3 is 2.54 bits per heavy atom. The number of nitrogens with zero attached hydrogens (tertiary/aromatic N) is 2. The highest BCUT2D eigenvalue weighted by Gasteiger charge is 2.17. The quantitative estimate of drug-likeness (QED) is 0.774. The molecule has 0 fully saturated rings. The van der Waals surface area contributed by atoms with Crippen molar-refractivity contribution in [1.82, 2.24) is 9.78 Å². The highest BCUT2D eigenvalue weighted by Crippen LogP contribution is 2.22. The number of carboxylic acids is 1. The van der Waals surface area contributed by atoms with Crippen molar-refractivity contribution in [2.75, 3.05) is 0 Å². The Kier molecular flexibility index (Phi) is 4.11. The molecule has 8 heteroatoms. The standard InChI is InChI=1S/C16H11F3N2O3/c17-10-3-6-13-12(7-10)14(15(22)23)20-21(13)8-9-1-4-11(5-2-9)24-16(18)19/h1-7,16H,8H2,(H,22,23). The molecule has 3 rings (SSSR count). The van der Waals surface area contributed by atoms with Gasteiger partial charge in [-0.05, 0) is 35.9 Å². The lowest BCUT2D eigenvalue weighted by atomic mass is 10.2. The molecule has 3 aromatic rings. The van der Waals surface area contributed by atoms with Crippen LogP contribution in [0.1, 0.15) is 16.1 Å². The Hall–Kier alpha value is -3.03. The molecule has 0 amide bonds. The van der Waals surface area contributed by atoms with E-state index in [0.717, 1.165) is 6.07 Å². The van der Waals surface area contributed by atoms with Crippen molar-refractivity contribution >= 4 is 16.9 Å². The maximum Gasteiger partial charge on any atom is 0.387 e. The van der Waals surface area contributed by atoms with Crippen molar-refractivity contribution in [3.63, 3.8) is 0 Å². The van der Waals surface area contributed by atoms with Crippen LogP contribution < -0.4 is 4.74 Å². The largest absolute Gasteiger partial charge is 0.476 e. The molecule has 0 spiro atoms. The Labute approximate surface area is 133 Å². The van der Waals surface area contributed by atoms with Gasteiger partial charge >= 0.3 is 12.6 Å². The topological polar surface area (TPSA) is 64.3 Å². The number of hydrogen-bond donors (Lipinski definition) is 1. The SMILES string of the molecule is O=C(O)c1nn(Cc2ccc(OC(F)F)cc2)c2ccc(F)cc12. The third-order valence-electron chi connectivity index (χ3n) is 3.40. The van der Waals surface area contributed by atoms with Crippen molar-refractivity contribution in [2.45, 2.75) is 13.2 Å². The van der Waals surface area contributed by atoms with Gasteiger partial charge in [0, 0.05) is 5.39 Å². The van der Waals surface area contributed by atoms with Crippen LogP contribution in [0.25, 0.3) is 10.9 Å². The first-order valence-corrected chi connectivity index (χ1v) is 6.87. The second kappa shape index (κ2) is 6.23. The number of rotatable bonds is 5. The molecular weight excluding hydrogens is 325 g/mol. The molecule has 0 unspecified atom stereocenters. The van der Waals surface area contributed by atoms with Gasteiger partial charge in [0.25, 0.3) is 0 Å². The summed E-state index contributed by atoms with van der Waals surface area (Å²) in [4.78, 5) is 11.3. The van der Waals surface area contributed by atoms with E-state index in [1.54, 1.807) is 12.1 Å². The van der Waals surface area contributed by atoms with E-state index in [1.807, 2.05) is 0 Å². The molecular formula is C16H11F3N2O3. The summed E-state index contributed by atoms with van der Waals surface area (Å²) in [6.45, 7) is -2.70. The average molecular weight is 336 g/mol. The number of benzene rings is 2. The Morgan fingerprint density at radius 2 is 1.92 bits per heavy atom. The number of halogens is 3. The maximum atomic E-state index is 13.4. The molecule has 0 radical (unpaired) electrons. The zero-order chi connectivity index (χ0) is 17.3. The fourth-order valence-corrected chi connectivity index (χ4v) is 2.38. The van der Waals surface area contributed by atoms with E-state index >= 15 is 0 Å². The van der Waals surface area contributed by atoms with E-state index in [2.05, 4.69) is 9.84 Å². The molecule has 0 aliphatic heterocycles. The van der Waals surface area contributed by atoms with Crippen LogP contribution in [0.15, 0.2) is 42.5 Å². The van der Waals surface area contributed by atoms with Crippen LogP contribution in [0.3, 0.4) is 0 Å². The fourth-order valence-electron chi connectivity index (χ4n) is 2.38. The third kappa shape index (κ3) is 3.17. The van der Waals surface area contributed by atoms with Gasteiger partial charge in [0.2, 0.25) is 0 Å². The van der Waals surface area contributed by atoms with E-state index in [0.29, 0.717) is 11.1 Å². The summed E-state index contributed by atoms with van der Waals surface area (Å²) in [6.07, 6.45) is 0. The first kappa shape index (κ1) is 15.9. The minimum atomic E-state index is -2.90. The third-order valence-corrected chi connectivity index (χ3v) is 3.40. The predicted molar refractivity (Wildman–Crippen MR) is 78.8 cm³/mol. The van der Waals surface area contributed by atoms with E-state index in [9.17, 15) is 23.1 Å². The lowest BCUT2D eigenvalue weighted by Crippen LogP contribution is -2.05. The molecule has 5 nitrogen and oxygen atoms in total. The van der Waals surface area contributed by atoms with E-state index < -0.39 is 18.4 Å². The van der Waals surface area contributed by atoms with Crippen LogP contribution in [0, 0.1) is 5.82 Å². The monoisotopic (exact) mass is 336 g/mol. The van der Waals surface area contributed by atoms with Crippen LogP contribution in [-0.4, -0.2) is 27.5 Å². The zero-order valence-electron chi connectivity index (χ0n) is 12.1. The molecule has 0 bridgehead atoms. The van der Waals surface area contributed by atoms with Crippen molar-refractivity contribution < 1.29 is 27.8 Å². The Bertz CT molecular complexity index is 891. The van der Waals surface area contributed by atoms with Crippen molar-refractivity contribution in [2.24, 2.45) is 0 Å². The summed E-state index contributed by atoms with van der Waals surface area (Å²) in [7, 11) is 0. The maximum absolute atomic E-state index is 13.4. The Morgan fingerprint density at radius 1 is 1.21 bits per heavy atom. The van der Waals surface area contributed by atoms with Crippen molar-refractivity contribution in [3.05, 3.63) is 59.5 Å². The summed E-state index contributed by atoms with van der Waals surface area (Å²) < 4.78 is 43.3. The second-order valence-corrected chi connectivity index (χ2v) is 5.00. The van der Waals surface area contributed by atoms with Crippen molar-refractivity contribution in [1.29, 1.82) is 0 Å². The fraction of sp³-hybridized carbons (Fsp3) is 0.125. The molecule has 0 aliphatic rings. The van der Waals surface area contributed by atoms with Crippen LogP contribution in [0.4, 0.5) is 13.2 Å². The van der Waals surface area contributed by atoms with Crippen molar-refractivity contribution in [3.8, 4) is 5.75 Å². The van der Waals surface area contributed by atoms with E-state index in [1.165, 1.54) is 28.9 Å². The van der Waals surface area contributed by atoms with Gasteiger partial charge in [-0.1, -0.05) is 12.1 Å². The number of fused-ring (bicyclic) bond motifs is 1. The summed E-state index contributed by atoms with van der Waals surface area (Å²) in [5.41, 5.74) is 0.908. The number of ether oxygens (including phenoxy) is 1. The molecule has 0 aliphatic carbocycles. The molecule has 0 atom stereocenters. The van der Waals surface area contributed by atoms with Gasteiger partial charge in [0.05, 0.1) is 12.1 Å². The molecule has 24 heavy (non-hydrogen) atoms. The van der Waals surface area contributed by atoms with E-state index in [-0.39, 0.29) is 23.4 Å². The van der Waals surface area contributed by atoms with Gasteiger partial charge in [-0.2, -0.15) is 13.9 Å². The highest BCUT2D eigenvalue weighted by atomic mass is 19.3. The predicted octanol–water partition coefficient (Wildman–Crippen LogP) is 3.52.